The smallest absolute Gasteiger partial charge is 0.317 e. The predicted molar refractivity (Wildman–Crippen MR) is 58.7 cm³/mol. The van der Waals surface area contributed by atoms with Gasteiger partial charge in [-0.1, -0.05) is 12.1 Å². The molecule has 0 aromatic heterocycles. The number of halogens is 2. The van der Waals surface area contributed by atoms with Crippen LogP contribution in [0.2, 0.25) is 0 Å². The number of benzene rings is 1. The van der Waals surface area contributed by atoms with Crippen molar-refractivity contribution in [3.63, 3.8) is 0 Å². The van der Waals surface area contributed by atoms with Gasteiger partial charge in [-0.05, 0) is 19.1 Å². The Labute approximate surface area is 96.4 Å². The molecular weight excluding hydrogens is 263 g/mol. The van der Waals surface area contributed by atoms with Gasteiger partial charge in [-0.2, -0.15) is 8.42 Å². The van der Waals surface area contributed by atoms with E-state index < -0.39 is 8.26 Å². The molecule has 0 saturated heterocycles. The Kier molecular flexibility index (Phi) is 5.64. The molecule has 0 spiro atoms. The number of aromatic hydroxyl groups is 1. The molecule has 0 saturated carbocycles. The molecule has 0 bridgehead atoms. The van der Waals surface area contributed by atoms with Gasteiger partial charge < -0.3 is 5.11 Å². The van der Waals surface area contributed by atoms with E-state index in [1.807, 2.05) is 0 Å². The fourth-order valence-electron chi connectivity index (χ4n) is 0.771. The molecule has 0 heterocycles. The maximum atomic E-state index is 10.7. The van der Waals surface area contributed by atoms with E-state index in [1.165, 1.54) is 13.0 Å². The van der Waals surface area contributed by atoms with Crippen LogP contribution in [0.5, 0.6) is 5.75 Å². The zero-order chi connectivity index (χ0) is 12.1. The Balaban J connectivity index is 0.000000336. The Hall–Kier alpha value is -0.780. The molecule has 7 heteroatoms. The summed E-state index contributed by atoms with van der Waals surface area (Å²) in [5, 5.41) is 9.06. The molecule has 4 nitrogen and oxygen atoms in total. The summed E-state index contributed by atoms with van der Waals surface area (Å²) in [5.41, 5.74) is 0.377. The van der Waals surface area contributed by atoms with Crippen LogP contribution in [-0.2, 0) is 8.26 Å². The second-order valence-corrected chi connectivity index (χ2v) is 6.12. The maximum Gasteiger partial charge on any atom is 0.317 e. The van der Waals surface area contributed by atoms with Gasteiger partial charge in [-0.3, -0.25) is 4.79 Å². The number of phenols is 1. The Morgan fingerprint density at radius 2 is 1.67 bits per heavy atom. The number of rotatable bonds is 1. The van der Waals surface area contributed by atoms with Crippen LogP contribution >= 0.6 is 21.4 Å². The van der Waals surface area contributed by atoms with Crippen LogP contribution in [0.3, 0.4) is 0 Å². The van der Waals surface area contributed by atoms with E-state index >= 15 is 0 Å². The Morgan fingerprint density at radius 1 is 1.27 bits per heavy atom. The molecule has 0 aliphatic carbocycles. The molecule has 0 aliphatic heterocycles. The molecule has 15 heavy (non-hydrogen) atoms. The number of phenolic OH excluding ortho intramolecular Hbond substituents is 1. The van der Waals surface area contributed by atoms with Gasteiger partial charge in [0.2, 0.25) is 0 Å². The minimum atomic E-state index is -3.72. The topological polar surface area (TPSA) is 71.4 Å². The van der Waals surface area contributed by atoms with Crippen LogP contribution in [0.25, 0.3) is 0 Å². The summed E-state index contributed by atoms with van der Waals surface area (Å²) in [6.07, 6.45) is 0. The predicted octanol–water partition coefficient (Wildman–Crippen LogP) is 2.30. The van der Waals surface area contributed by atoms with Crippen LogP contribution in [-0.4, -0.2) is 19.3 Å². The lowest BCUT2D eigenvalue weighted by atomic mass is 10.1. The van der Waals surface area contributed by atoms with Gasteiger partial charge in [0.15, 0.2) is 5.78 Å². The third kappa shape index (κ3) is 8.23. The second kappa shape index (κ2) is 5.95. The number of hydrogen-bond donors (Lipinski definition) is 1. The third-order valence-electron chi connectivity index (χ3n) is 1.28. The minimum Gasteiger partial charge on any atom is -0.507 e. The van der Waals surface area contributed by atoms with Crippen molar-refractivity contribution >= 4 is 35.4 Å². The molecule has 1 rings (SSSR count). The number of ketones is 1. The van der Waals surface area contributed by atoms with Crippen LogP contribution in [0.4, 0.5) is 0 Å². The van der Waals surface area contributed by atoms with Crippen molar-refractivity contribution in [2.75, 3.05) is 0 Å². The van der Waals surface area contributed by atoms with E-state index in [-0.39, 0.29) is 11.5 Å². The first-order chi connectivity index (χ1) is 6.72. The molecule has 0 amide bonds. The average molecular weight is 271 g/mol. The summed E-state index contributed by atoms with van der Waals surface area (Å²) >= 11 is 0. The molecule has 1 aromatic rings. The van der Waals surface area contributed by atoms with Gasteiger partial charge in [0.05, 0.1) is 5.56 Å². The standard InChI is InChI=1S/C8H8O2.Cl2O2S/c1-6(9)7-4-2-3-5-8(7)10;1-5(2,3)4/h2-5,10H,1H3;. The summed E-state index contributed by atoms with van der Waals surface area (Å²) in [5.74, 6) is -0.0619. The number of hydrogen-bond acceptors (Lipinski definition) is 4. The number of para-hydroxylation sites is 1. The normalized spacial score (nSPS) is 10.1. The first kappa shape index (κ1) is 14.2. The van der Waals surface area contributed by atoms with Crippen LogP contribution in [0, 0.1) is 0 Å². The van der Waals surface area contributed by atoms with Gasteiger partial charge in [-0.15, -0.1) is 0 Å². The summed E-state index contributed by atoms with van der Waals surface area (Å²) in [6, 6.07) is 6.49. The zero-order valence-electron chi connectivity index (χ0n) is 7.65. The monoisotopic (exact) mass is 270 g/mol. The second-order valence-electron chi connectivity index (χ2n) is 2.45. The van der Waals surface area contributed by atoms with Crippen molar-refractivity contribution in [1.29, 1.82) is 0 Å². The van der Waals surface area contributed by atoms with Crippen molar-refractivity contribution < 1.29 is 18.3 Å². The first-order valence-electron chi connectivity index (χ1n) is 3.65. The number of carbonyl (C=O) groups excluding carboxylic acids is 1. The lowest BCUT2D eigenvalue weighted by molar-refractivity contribution is 0.101. The highest BCUT2D eigenvalue weighted by Crippen LogP contribution is 2.15. The van der Waals surface area contributed by atoms with Gasteiger partial charge in [0.1, 0.15) is 5.75 Å². The van der Waals surface area contributed by atoms with Crippen LogP contribution < -0.4 is 0 Å². The highest BCUT2D eigenvalue weighted by atomic mass is 36.0. The largest absolute Gasteiger partial charge is 0.507 e. The number of Topliss-reactive ketones (excluding diaryl/α,β-unsaturated/α-hetero) is 1. The summed E-state index contributed by atoms with van der Waals surface area (Å²) in [7, 11) is 4.81. The molecular formula is C8H8Cl2O4S. The van der Waals surface area contributed by atoms with Crippen molar-refractivity contribution in [2.24, 2.45) is 0 Å². The molecule has 0 aliphatic rings. The van der Waals surface area contributed by atoms with Gasteiger partial charge in [0.25, 0.3) is 0 Å². The van der Waals surface area contributed by atoms with E-state index in [9.17, 15) is 4.79 Å². The van der Waals surface area contributed by atoms with Gasteiger partial charge in [0, 0.05) is 21.4 Å². The van der Waals surface area contributed by atoms with Crippen molar-refractivity contribution in [1.82, 2.24) is 0 Å². The zero-order valence-corrected chi connectivity index (χ0v) is 9.97. The molecule has 1 aromatic carbocycles. The third-order valence-corrected chi connectivity index (χ3v) is 1.28. The van der Waals surface area contributed by atoms with Crippen LogP contribution in [0.1, 0.15) is 17.3 Å². The summed E-state index contributed by atoms with van der Waals surface area (Å²) in [4.78, 5) is 10.7. The fraction of sp³-hybridized carbons (Fsp3) is 0.125. The van der Waals surface area contributed by atoms with Gasteiger partial charge in [-0.25, -0.2) is 0 Å². The molecule has 1 N–H and O–H groups in total. The SMILES string of the molecule is CC(=O)c1ccccc1O.O=S(=O)(Cl)Cl. The highest BCUT2D eigenvalue weighted by molar-refractivity contribution is 8.31. The number of carbonyl (C=O) groups is 1. The quantitative estimate of drug-likeness (QED) is 0.628. The van der Waals surface area contributed by atoms with E-state index in [1.54, 1.807) is 18.2 Å². The Morgan fingerprint density at radius 3 is 1.93 bits per heavy atom. The minimum absolute atomic E-state index is 0.0509. The van der Waals surface area contributed by atoms with Crippen molar-refractivity contribution in [3.8, 4) is 5.75 Å². The summed E-state index contributed by atoms with van der Waals surface area (Å²) < 4.78 is 18.3. The molecule has 0 radical (unpaired) electrons. The highest BCUT2D eigenvalue weighted by Gasteiger charge is 2.02. The fourth-order valence-corrected chi connectivity index (χ4v) is 0.771. The van der Waals surface area contributed by atoms with Gasteiger partial charge >= 0.3 is 8.26 Å². The van der Waals surface area contributed by atoms with Crippen LogP contribution in [0.15, 0.2) is 24.3 Å². The van der Waals surface area contributed by atoms with Crippen molar-refractivity contribution in [2.45, 2.75) is 6.92 Å². The summed E-state index contributed by atoms with van der Waals surface area (Å²) in [6.45, 7) is 1.43. The molecule has 0 unspecified atom stereocenters. The van der Waals surface area contributed by atoms with E-state index in [0.717, 1.165) is 0 Å². The Bertz CT molecular complexity index is 434. The van der Waals surface area contributed by atoms with E-state index in [0.29, 0.717) is 5.56 Å². The molecule has 0 fully saturated rings. The maximum absolute atomic E-state index is 10.7. The first-order valence-corrected chi connectivity index (χ1v) is 6.78. The van der Waals surface area contributed by atoms with E-state index in [2.05, 4.69) is 21.4 Å². The van der Waals surface area contributed by atoms with Crippen molar-refractivity contribution in [3.05, 3.63) is 29.8 Å². The lowest BCUT2D eigenvalue weighted by Gasteiger charge is -1.96. The molecule has 0 atom stereocenters. The average Bonchev–Trinajstić information content (AvgIpc) is 2.01. The molecule has 84 valence electrons. The lowest BCUT2D eigenvalue weighted by Crippen LogP contribution is -1.90. The van der Waals surface area contributed by atoms with E-state index in [4.69, 9.17) is 13.5 Å².